The van der Waals surface area contributed by atoms with Crippen molar-refractivity contribution in [3.63, 3.8) is 0 Å². The first-order valence-corrected chi connectivity index (χ1v) is 6.21. The van der Waals surface area contributed by atoms with Gasteiger partial charge in [0, 0.05) is 19.6 Å². The molecular formula is C14H23FN2. The SMILES string of the molecule is CC(C)CNCCN(C)Cc1ccc(F)cc1. The smallest absolute Gasteiger partial charge is 0.123 e. The second kappa shape index (κ2) is 7.41. The number of benzene rings is 1. The maximum Gasteiger partial charge on any atom is 0.123 e. The molecule has 0 saturated heterocycles. The van der Waals surface area contributed by atoms with E-state index in [1.165, 1.54) is 12.1 Å². The normalized spacial score (nSPS) is 11.4. The first kappa shape index (κ1) is 14.1. The zero-order valence-electron chi connectivity index (χ0n) is 11.0. The molecule has 0 radical (unpaired) electrons. The quantitative estimate of drug-likeness (QED) is 0.734. The molecule has 0 aliphatic heterocycles. The van der Waals surface area contributed by atoms with Gasteiger partial charge in [0.05, 0.1) is 0 Å². The minimum absolute atomic E-state index is 0.171. The van der Waals surface area contributed by atoms with E-state index in [0.717, 1.165) is 31.7 Å². The van der Waals surface area contributed by atoms with E-state index < -0.39 is 0 Å². The molecule has 0 bridgehead atoms. The Kier molecular flexibility index (Phi) is 6.16. The summed E-state index contributed by atoms with van der Waals surface area (Å²) >= 11 is 0. The van der Waals surface area contributed by atoms with Gasteiger partial charge in [-0.2, -0.15) is 0 Å². The van der Waals surface area contributed by atoms with Crippen molar-refractivity contribution in [2.75, 3.05) is 26.7 Å². The predicted molar refractivity (Wildman–Crippen MR) is 70.4 cm³/mol. The fourth-order valence-corrected chi connectivity index (χ4v) is 1.64. The molecule has 0 amide bonds. The zero-order valence-corrected chi connectivity index (χ0v) is 11.0. The molecular weight excluding hydrogens is 215 g/mol. The van der Waals surface area contributed by atoms with Crippen LogP contribution in [0.1, 0.15) is 19.4 Å². The van der Waals surface area contributed by atoms with Crippen LogP contribution in [0.2, 0.25) is 0 Å². The van der Waals surface area contributed by atoms with E-state index in [9.17, 15) is 4.39 Å². The molecule has 0 unspecified atom stereocenters. The van der Waals surface area contributed by atoms with E-state index in [-0.39, 0.29) is 5.82 Å². The molecule has 1 rings (SSSR count). The average molecular weight is 238 g/mol. The van der Waals surface area contributed by atoms with Crippen LogP contribution in [0.3, 0.4) is 0 Å². The van der Waals surface area contributed by atoms with Gasteiger partial charge in [0.25, 0.3) is 0 Å². The van der Waals surface area contributed by atoms with E-state index in [1.54, 1.807) is 0 Å². The Morgan fingerprint density at radius 1 is 1.24 bits per heavy atom. The lowest BCUT2D eigenvalue weighted by molar-refractivity contribution is 0.321. The monoisotopic (exact) mass is 238 g/mol. The van der Waals surface area contributed by atoms with Crippen LogP contribution in [0.4, 0.5) is 4.39 Å². The molecule has 1 N–H and O–H groups in total. The molecule has 0 saturated carbocycles. The maximum atomic E-state index is 12.7. The molecule has 0 aliphatic rings. The van der Waals surface area contributed by atoms with Crippen molar-refractivity contribution in [2.24, 2.45) is 5.92 Å². The van der Waals surface area contributed by atoms with E-state index in [1.807, 2.05) is 12.1 Å². The number of likely N-dealkylation sites (N-methyl/N-ethyl adjacent to an activating group) is 1. The summed E-state index contributed by atoms with van der Waals surface area (Å²) in [6, 6.07) is 6.71. The summed E-state index contributed by atoms with van der Waals surface area (Å²) < 4.78 is 12.7. The molecule has 3 heteroatoms. The highest BCUT2D eigenvalue weighted by atomic mass is 19.1. The summed E-state index contributed by atoms with van der Waals surface area (Å²) in [5, 5.41) is 3.41. The molecule has 0 heterocycles. The van der Waals surface area contributed by atoms with Crippen LogP contribution in [-0.4, -0.2) is 31.6 Å². The Morgan fingerprint density at radius 2 is 1.88 bits per heavy atom. The number of halogens is 1. The highest BCUT2D eigenvalue weighted by Crippen LogP contribution is 2.04. The molecule has 2 nitrogen and oxygen atoms in total. The van der Waals surface area contributed by atoms with E-state index >= 15 is 0 Å². The number of nitrogens with one attached hydrogen (secondary N) is 1. The Hall–Kier alpha value is -0.930. The van der Waals surface area contributed by atoms with Gasteiger partial charge in [0.1, 0.15) is 5.82 Å². The van der Waals surface area contributed by atoms with Crippen molar-refractivity contribution in [1.82, 2.24) is 10.2 Å². The number of hydrogen-bond acceptors (Lipinski definition) is 2. The van der Waals surface area contributed by atoms with Crippen LogP contribution in [0.15, 0.2) is 24.3 Å². The molecule has 17 heavy (non-hydrogen) atoms. The first-order chi connectivity index (χ1) is 8.08. The lowest BCUT2D eigenvalue weighted by Gasteiger charge is -2.17. The maximum absolute atomic E-state index is 12.7. The second-order valence-electron chi connectivity index (χ2n) is 4.96. The van der Waals surface area contributed by atoms with Gasteiger partial charge >= 0.3 is 0 Å². The fourth-order valence-electron chi connectivity index (χ4n) is 1.64. The summed E-state index contributed by atoms with van der Waals surface area (Å²) in [7, 11) is 2.08. The van der Waals surface area contributed by atoms with Gasteiger partial charge in [-0.05, 0) is 37.2 Å². The minimum atomic E-state index is -0.171. The van der Waals surface area contributed by atoms with E-state index in [2.05, 4.69) is 31.1 Å². The Bertz CT molecular complexity index is 309. The van der Waals surface area contributed by atoms with Crippen LogP contribution in [0.5, 0.6) is 0 Å². The van der Waals surface area contributed by atoms with Crippen LogP contribution in [-0.2, 0) is 6.54 Å². The van der Waals surface area contributed by atoms with Crippen molar-refractivity contribution in [1.29, 1.82) is 0 Å². The lowest BCUT2D eigenvalue weighted by atomic mass is 10.2. The zero-order chi connectivity index (χ0) is 12.7. The standard InChI is InChI=1S/C14H23FN2/c1-12(2)10-16-8-9-17(3)11-13-4-6-14(15)7-5-13/h4-7,12,16H,8-11H2,1-3H3. The van der Waals surface area contributed by atoms with Crippen molar-refractivity contribution in [2.45, 2.75) is 20.4 Å². The molecule has 0 aromatic heterocycles. The van der Waals surface area contributed by atoms with Gasteiger partial charge in [0.15, 0.2) is 0 Å². The van der Waals surface area contributed by atoms with Crippen LogP contribution >= 0.6 is 0 Å². The van der Waals surface area contributed by atoms with Crippen LogP contribution < -0.4 is 5.32 Å². The van der Waals surface area contributed by atoms with Gasteiger partial charge in [-0.25, -0.2) is 4.39 Å². The molecule has 0 aliphatic carbocycles. The lowest BCUT2D eigenvalue weighted by Crippen LogP contribution is -2.30. The van der Waals surface area contributed by atoms with Gasteiger partial charge < -0.3 is 10.2 Å². The van der Waals surface area contributed by atoms with Crippen molar-refractivity contribution in [3.8, 4) is 0 Å². The second-order valence-corrected chi connectivity index (χ2v) is 4.96. The minimum Gasteiger partial charge on any atom is -0.315 e. The largest absolute Gasteiger partial charge is 0.315 e. The third-order valence-electron chi connectivity index (χ3n) is 2.59. The van der Waals surface area contributed by atoms with Crippen molar-refractivity contribution in [3.05, 3.63) is 35.6 Å². The molecule has 96 valence electrons. The van der Waals surface area contributed by atoms with Gasteiger partial charge in [-0.3, -0.25) is 0 Å². The summed E-state index contributed by atoms with van der Waals surface area (Å²) in [5.41, 5.74) is 1.15. The number of hydrogen-bond donors (Lipinski definition) is 1. The summed E-state index contributed by atoms with van der Waals surface area (Å²) in [4.78, 5) is 2.24. The third-order valence-corrected chi connectivity index (χ3v) is 2.59. The number of rotatable bonds is 7. The topological polar surface area (TPSA) is 15.3 Å². The number of nitrogens with zero attached hydrogens (tertiary/aromatic N) is 1. The molecule has 0 spiro atoms. The fraction of sp³-hybridized carbons (Fsp3) is 0.571. The van der Waals surface area contributed by atoms with Crippen molar-refractivity contribution < 1.29 is 4.39 Å². The molecule has 1 aromatic carbocycles. The average Bonchev–Trinajstić information content (AvgIpc) is 2.27. The Morgan fingerprint density at radius 3 is 2.47 bits per heavy atom. The van der Waals surface area contributed by atoms with Gasteiger partial charge in [-0.1, -0.05) is 26.0 Å². The van der Waals surface area contributed by atoms with E-state index in [0.29, 0.717) is 5.92 Å². The third kappa shape index (κ3) is 6.39. The predicted octanol–water partition coefficient (Wildman–Crippen LogP) is 2.50. The summed E-state index contributed by atoms with van der Waals surface area (Å²) in [6.07, 6.45) is 0. The van der Waals surface area contributed by atoms with Crippen LogP contribution in [0, 0.1) is 11.7 Å². The van der Waals surface area contributed by atoms with Crippen LogP contribution in [0.25, 0.3) is 0 Å². The van der Waals surface area contributed by atoms with Gasteiger partial charge in [-0.15, -0.1) is 0 Å². The van der Waals surface area contributed by atoms with Crippen molar-refractivity contribution >= 4 is 0 Å². The first-order valence-electron chi connectivity index (χ1n) is 6.21. The summed E-state index contributed by atoms with van der Waals surface area (Å²) in [6.45, 7) is 8.33. The summed E-state index contributed by atoms with van der Waals surface area (Å²) in [5.74, 6) is 0.521. The van der Waals surface area contributed by atoms with Gasteiger partial charge in [0.2, 0.25) is 0 Å². The molecule has 1 aromatic rings. The Labute approximate surface area is 104 Å². The highest BCUT2D eigenvalue weighted by molar-refractivity contribution is 5.15. The highest BCUT2D eigenvalue weighted by Gasteiger charge is 2.00. The molecule has 0 fully saturated rings. The van der Waals surface area contributed by atoms with E-state index in [4.69, 9.17) is 0 Å². The molecule has 0 atom stereocenters. The Balaban J connectivity index is 2.20.